The minimum absolute atomic E-state index is 0.0527. The molecule has 1 amide bonds. The monoisotopic (exact) mass is 282 g/mol. The van der Waals surface area contributed by atoms with Crippen LogP contribution in [0, 0.1) is 5.92 Å². The zero-order chi connectivity index (χ0) is 13.4. The van der Waals surface area contributed by atoms with Crippen molar-refractivity contribution in [3.8, 4) is 0 Å². The molecule has 104 valence electrons. The lowest BCUT2D eigenvalue weighted by Gasteiger charge is -2.32. The Morgan fingerprint density at radius 3 is 2.89 bits per heavy atom. The molecule has 19 heavy (non-hydrogen) atoms. The fourth-order valence-corrected chi connectivity index (χ4v) is 3.04. The standard InChI is InChI=1S/C14H19ClN2O2/c15-11-6-13(17(8-11)12-3-4-12)14(19)16-5-1-2-10(7-16)9-18/h6,8,10,12,18H,1-5,7,9H2. The van der Waals surface area contributed by atoms with Gasteiger partial charge in [0.2, 0.25) is 0 Å². The molecule has 0 aromatic carbocycles. The Bertz CT molecular complexity index is 482. The van der Waals surface area contributed by atoms with Crippen LogP contribution in [0.25, 0.3) is 0 Å². The molecule has 5 heteroatoms. The molecular weight excluding hydrogens is 264 g/mol. The Morgan fingerprint density at radius 1 is 1.42 bits per heavy atom. The van der Waals surface area contributed by atoms with Gasteiger partial charge in [-0.1, -0.05) is 11.6 Å². The number of halogens is 1. The summed E-state index contributed by atoms with van der Waals surface area (Å²) < 4.78 is 2.02. The van der Waals surface area contributed by atoms with E-state index in [1.54, 1.807) is 6.07 Å². The normalized spacial score (nSPS) is 23.7. The van der Waals surface area contributed by atoms with Crippen molar-refractivity contribution < 1.29 is 9.90 Å². The van der Waals surface area contributed by atoms with E-state index in [4.69, 9.17) is 11.6 Å². The smallest absolute Gasteiger partial charge is 0.270 e. The molecular formula is C14H19ClN2O2. The van der Waals surface area contributed by atoms with E-state index < -0.39 is 0 Å². The van der Waals surface area contributed by atoms with E-state index in [9.17, 15) is 9.90 Å². The minimum atomic E-state index is 0.0527. The molecule has 2 fully saturated rings. The number of rotatable bonds is 3. The highest BCUT2D eigenvalue weighted by Gasteiger charge is 2.31. The summed E-state index contributed by atoms with van der Waals surface area (Å²) >= 11 is 6.04. The minimum Gasteiger partial charge on any atom is -0.396 e. The molecule has 0 radical (unpaired) electrons. The average molecular weight is 283 g/mol. The molecule has 2 aliphatic rings. The van der Waals surface area contributed by atoms with Crippen LogP contribution < -0.4 is 0 Å². The Hall–Kier alpha value is -1.00. The molecule has 1 saturated heterocycles. The number of aliphatic hydroxyl groups is 1. The second-order valence-electron chi connectivity index (χ2n) is 5.62. The third-order valence-corrected chi connectivity index (χ3v) is 4.25. The lowest BCUT2D eigenvalue weighted by atomic mass is 9.99. The first-order valence-corrected chi connectivity index (χ1v) is 7.34. The van der Waals surface area contributed by atoms with Gasteiger partial charge in [-0.25, -0.2) is 0 Å². The molecule has 1 aromatic rings. The van der Waals surface area contributed by atoms with Gasteiger partial charge in [0.25, 0.3) is 5.91 Å². The number of hydrogen-bond acceptors (Lipinski definition) is 2. The maximum Gasteiger partial charge on any atom is 0.270 e. The fourth-order valence-electron chi connectivity index (χ4n) is 2.83. The summed E-state index contributed by atoms with van der Waals surface area (Å²) in [5, 5.41) is 9.88. The maximum atomic E-state index is 12.6. The SMILES string of the molecule is O=C(c1cc(Cl)cn1C1CC1)N1CCCC(CO)C1. The van der Waals surface area contributed by atoms with E-state index in [-0.39, 0.29) is 18.4 Å². The average Bonchev–Trinajstić information content (AvgIpc) is 3.21. The van der Waals surface area contributed by atoms with Gasteiger partial charge < -0.3 is 14.6 Å². The van der Waals surface area contributed by atoms with E-state index in [0.717, 1.165) is 32.2 Å². The van der Waals surface area contributed by atoms with Gasteiger partial charge in [0.05, 0.1) is 5.02 Å². The molecule has 1 N–H and O–H groups in total. The van der Waals surface area contributed by atoms with E-state index in [2.05, 4.69) is 0 Å². The first-order chi connectivity index (χ1) is 9.19. The number of aliphatic hydroxyl groups excluding tert-OH is 1. The van der Waals surface area contributed by atoms with Crippen molar-refractivity contribution in [1.29, 1.82) is 0 Å². The molecule has 1 unspecified atom stereocenters. The Balaban J connectivity index is 1.79. The summed E-state index contributed by atoms with van der Waals surface area (Å²) in [5.74, 6) is 0.273. The van der Waals surface area contributed by atoms with Gasteiger partial charge in [-0.3, -0.25) is 4.79 Å². The number of amides is 1. The van der Waals surface area contributed by atoms with Crippen LogP contribution in [-0.2, 0) is 0 Å². The summed E-state index contributed by atoms with van der Waals surface area (Å²) in [5.41, 5.74) is 0.700. The van der Waals surface area contributed by atoms with E-state index in [1.807, 2.05) is 15.7 Å². The maximum absolute atomic E-state index is 12.6. The summed E-state index contributed by atoms with van der Waals surface area (Å²) in [4.78, 5) is 14.4. The summed E-state index contributed by atoms with van der Waals surface area (Å²) in [6, 6.07) is 2.22. The fraction of sp³-hybridized carbons (Fsp3) is 0.643. The predicted octanol–water partition coefficient (Wildman–Crippen LogP) is 2.32. The van der Waals surface area contributed by atoms with Crippen molar-refractivity contribution in [2.24, 2.45) is 5.92 Å². The third-order valence-electron chi connectivity index (χ3n) is 4.04. The van der Waals surface area contributed by atoms with Crippen LogP contribution >= 0.6 is 11.6 Å². The van der Waals surface area contributed by atoms with Crippen molar-refractivity contribution in [3.05, 3.63) is 23.0 Å². The van der Waals surface area contributed by atoms with Crippen molar-refractivity contribution >= 4 is 17.5 Å². The van der Waals surface area contributed by atoms with Crippen LogP contribution in [0.15, 0.2) is 12.3 Å². The van der Waals surface area contributed by atoms with Crippen molar-refractivity contribution in [2.45, 2.75) is 31.7 Å². The van der Waals surface area contributed by atoms with Crippen LogP contribution in [0.4, 0.5) is 0 Å². The molecule has 1 aromatic heterocycles. The molecule has 4 nitrogen and oxygen atoms in total. The van der Waals surface area contributed by atoms with Crippen molar-refractivity contribution in [2.75, 3.05) is 19.7 Å². The van der Waals surface area contributed by atoms with Gasteiger partial charge in [0.15, 0.2) is 0 Å². The van der Waals surface area contributed by atoms with Gasteiger partial charge in [-0.2, -0.15) is 0 Å². The summed E-state index contributed by atoms with van der Waals surface area (Å²) in [6.45, 7) is 1.60. The topological polar surface area (TPSA) is 45.5 Å². The van der Waals surface area contributed by atoms with Crippen LogP contribution in [0.5, 0.6) is 0 Å². The lowest BCUT2D eigenvalue weighted by Crippen LogP contribution is -2.41. The Morgan fingerprint density at radius 2 is 2.21 bits per heavy atom. The van der Waals surface area contributed by atoms with Gasteiger partial charge >= 0.3 is 0 Å². The zero-order valence-corrected chi connectivity index (χ0v) is 11.6. The molecule has 1 atom stereocenters. The number of likely N-dealkylation sites (tertiary alicyclic amines) is 1. The van der Waals surface area contributed by atoms with Crippen molar-refractivity contribution in [1.82, 2.24) is 9.47 Å². The van der Waals surface area contributed by atoms with Gasteiger partial charge in [0, 0.05) is 31.9 Å². The van der Waals surface area contributed by atoms with E-state index >= 15 is 0 Å². The Labute approximate surface area is 118 Å². The van der Waals surface area contributed by atoms with Crippen LogP contribution in [0.1, 0.15) is 42.2 Å². The summed E-state index contributed by atoms with van der Waals surface area (Å²) in [6.07, 6.45) is 6.09. The molecule has 0 bridgehead atoms. The highest BCUT2D eigenvalue weighted by atomic mass is 35.5. The zero-order valence-electron chi connectivity index (χ0n) is 10.9. The highest BCUT2D eigenvalue weighted by Crippen LogP contribution is 2.37. The van der Waals surface area contributed by atoms with Crippen molar-refractivity contribution in [3.63, 3.8) is 0 Å². The van der Waals surface area contributed by atoms with E-state index in [1.165, 1.54) is 0 Å². The largest absolute Gasteiger partial charge is 0.396 e. The van der Waals surface area contributed by atoms with Gasteiger partial charge in [0.1, 0.15) is 5.69 Å². The second kappa shape index (κ2) is 5.17. The molecule has 1 aliphatic carbocycles. The number of carbonyl (C=O) groups is 1. The molecule has 1 saturated carbocycles. The lowest BCUT2D eigenvalue weighted by molar-refractivity contribution is 0.0610. The van der Waals surface area contributed by atoms with Crippen LogP contribution in [0.3, 0.4) is 0 Å². The first kappa shape index (κ1) is 13.0. The molecule has 0 spiro atoms. The van der Waals surface area contributed by atoms with E-state index in [0.29, 0.717) is 23.3 Å². The number of piperidine rings is 1. The number of hydrogen-bond donors (Lipinski definition) is 1. The quantitative estimate of drug-likeness (QED) is 0.925. The number of aromatic nitrogens is 1. The van der Waals surface area contributed by atoms with Crippen LogP contribution in [0.2, 0.25) is 5.02 Å². The number of nitrogens with zero attached hydrogens (tertiary/aromatic N) is 2. The molecule has 2 heterocycles. The first-order valence-electron chi connectivity index (χ1n) is 6.96. The number of carbonyl (C=O) groups excluding carboxylic acids is 1. The van der Waals surface area contributed by atoms with Gasteiger partial charge in [-0.15, -0.1) is 0 Å². The van der Waals surface area contributed by atoms with Gasteiger partial charge in [-0.05, 0) is 37.7 Å². The molecule has 3 rings (SSSR count). The summed E-state index contributed by atoms with van der Waals surface area (Å²) in [7, 11) is 0. The second-order valence-corrected chi connectivity index (χ2v) is 6.06. The van der Waals surface area contributed by atoms with Crippen LogP contribution in [-0.4, -0.2) is 40.2 Å². The third kappa shape index (κ3) is 2.65. The highest BCUT2D eigenvalue weighted by molar-refractivity contribution is 6.31. The molecule has 1 aliphatic heterocycles. The Kier molecular flexibility index (Phi) is 3.54. The predicted molar refractivity (Wildman–Crippen MR) is 73.4 cm³/mol.